The first kappa shape index (κ1) is 16.7. The summed E-state index contributed by atoms with van der Waals surface area (Å²) in [4.78, 5) is 11.8. The zero-order chi connectivity index (χ0) is 16.8. The monoisotopic (exact) mass is 317 g/mol. The van der Waals surface area contributed by atoms with E-state index in [1.54, 1.807) is 0 Å². The predicted molar refractivity (Wildman–Crippen MR) is 93.3 cm³/mol. The van der Waals surface area contributed by atoms with Gasteiger partial charge in [0.2, 0.25) is 5.95 Å². The third kappa shape index (κ3) is 2.99. The van der Waals surface area contributed by atoms with E-state index in [0.717, 1.165) is 35.9 Å². The predicted octanol–water partition coefficient (Wildman–Crippen LogP) is 2.38. The molecule has 0 aliphatic carbocycles. The standard InChI is InChI=1S/C17H28BN3O2/c1-12-14(18-22-16(3,4)17(5,6)23-18)13(2)20-15(19-12)21-10-8-7-9-11-21/h7-11H2,1-6H3. The SMILES string of the molecule is Cc1nc(N2CCCCC2)nc(C)c1B1OC(C)(C)C(C)(C)O1. The minimum Gasteiger partial charge on any atom is -0.399 e. The third-order valence-electron chi connectivity index (χ3n) is 5.44. The molecule has 0 spiro atoms. The third-order valence-corrected chi connectivity index (χ3v) is 5.44. The van der Waals surface area contributed by atoms with Gasteiger partial charge in [-0.25, -0.2) is 9.97 Å². The summed E-state index contributed by atoms with van der Waals surface area (Å²) < 4.78 is 12.4. The molecule has 1 aromatic heterocycles. The summed E-state index contributed by atoms with van der Waals surface area (Å²) in [5.41, 5.74) is 2.20. The lowest BCUT2D eigenvalue weighted by molar-refractivity contribution is 0.00578. The number of nitrogens with zero attached hydrogens (tertiary/aromatic N) is 3. The van der Waals surface area contributed by atoms with Crippen LogP contribution in [0.3, 0.4) is 0 Å². The highest BCUT2D eigenvalue weighted by Crippen LogP contribution is 2.36. The van der Waals surface area contributed by atoms with Crippen molar-refractivity contribution in [2.45, 2.75) is 72.0 Å². The first-order valence-corrected chi connectivity index (χ1v) is 8.67. The molecule has 2 aliphatic heterocycles. The first-order chi connectivity index (χ1) is 10.7. The van der Waals surface area contributed by atoms with Gasteiger partial charge >= 0.3 is 7.12 Å². The van der Waals surface area contributed by atoms with E-state index >= 15 is 0 Å². The van der Waals surface area contributed by atoms with Crippen LogP contribution in [0.2, 0.25) is 0 Å². The van der Waals surface area contributed by atoms with Crippen LogP contribution in [0.4, 0.5) is 5.95 Å². The Morgan fingerprint density at radius 3 is 1.83 bits per heavy atom. The molecule has 3 heterocycles. The highest BCUT2D eigenvalue weighted by molar-refractivity contribution is 6.63. The normalized spacial score (nSPS) is 23.4. The maximum atomic E-state index is 6.18. The summed E-state index contributed by atoms with van der Waals surface area (Å²) in [5.74, 6) is 0.847. The zero-order valence-corrected chi connectivity index (χ0v) is 15.3. The van der Waals surface area contributed by atoms with Gasteiger partial charge in [-0.15, -0.1) is 0 Å². The van der Waals surface area contributed by atoms with Crippen LogP contribution in [-0.4, -0.2) is 41.4 Å². The molecule has 3 rings (SSSR count). The summed E-state index contributed by atoms with van der Waals surface area (Å²) in [6.45, 7) is 14.4. The summed E-state index contributed by atoms with van der Waals surface area (Å²) in [6, 6.07) is 0. The van der Waals surface area contributed by atoms with E-state index in [1.807, 2.05) is 13.8 Å². The van der Waals surface area contributed by atoms with Crippen molar-refractivity contribution in [1.29, 1.82) is 0 Å². The average molecular weight is 317 g/mol. The molecule has 0 N–H and O–H groups in total. The number of piperidine rings is 1. The van der Waals surface area contributed by atoms with E-state index < -0.39 is 7.12 Å². The van der Waals surface area contributed by atoms with Crippen molar-refractivity contribution in [1.82, 2.24) is 9.97 Å². The summed E-state index contributed by atoms with van der Waals surface area (Å²) in [5, 5.41) is 0. The Kier molecular flexibility index (Phi) is 4.17. The van der Waals surface area contributed by atoms with Gasteiger partial charge in [0, 0.05) is 29.9 Å². The first-order valence-electron chi connectivity index (χ1n) is 8.67. The molecule has 23 heavy (non-hydrogen) atoms. The maximum absolute atomic E-state index is 6.18. The van der Waals surface area contributed by atoms with E-state index in [1.165, 1.54) is 19.3 Å². The van der Waals surface area contributed by atoms with Crippen LogP contribution in [-0.2, 0) is 9.31 Å². The lowest BCUT2D eigenvalue weighted by atomic mass is 9.76. The summed E-state index contributed by atoms with van der Waals surface area (Å²) >= 11 is 0. The van der Waals surface area contributed by atoms with Crippen LogP contribution in [0.1, 0.15) is 58.3 Å². The van der Waals surface area contributed by atoms with Crippen LogP contribution in [0.5, 0.6) is 0 Å². The number of hydrogen-bond donors (Lipinski definition) is 0. The molecule has 0 atom stereocenters. The molecule has 126 valence electrons. The topological polar surface area (TPSA) is 47.5 Å². The molecule has 0 saturated carbocycles. The Labute approximate surface area is 139 Å². The number of anilines is 1. The van der Waals surface area contributed by atoms with Crippen molar-refractivity contribution in [2.75, 3.05) is 18.0 Å². The number of rotatable bonds is 2. The highest BCUT2D eigenvalue weighted by Gasteiger charge is 2.52. The zero-order valence-electron chi connectivity index (χ0n) is 15.3. The summed E-state index contributed by atoms with van der Waals surface area (Å²) in [7, 11) is -0.393. The van der Waals surface area contributed by atoms with Gasteiger partial charge in [-0.05, 0) is 60.8 Å². The molecule has 2 fully saturated rings. The largest absolute Gasteiger partial charge is 0.498 e. The Hall–Kier alpha value is -1.14. The Morgan fingerprint density at radius 2 is 1.35 bits per heavy atom. The molecule has 6 heteroatoms. The molecule has 0 bridgehead atoms. The second-order valence-electron chi connectivity index (χ2n) is 7.74. The second-order valence-corrected chi connectivity index (χ2v) is 7.74. The van der Waals surface area contributed by atoms with E-state index in [-0.39, 0.29) is 11.2 Å². The Morgan fingerprint density at radius 1 is 0.870 bits per heavy atom. The minimum atomic E-state index is -0.393. The van der Waals surface area contributed by atoms with Gasteiger partial charge in [-0.2, -0.15) is 0 Å². The van der Waals surface area contributed by atoms with Crippen LogP contribution in [0, 0.1) is 13.8 Å². The lowest BCUT2D eigenvalue weighted by Crippen LogP contribution is -2.41. The van der Waals surface area contributed by atoms with Gasteiger partial charge in [0.15, 0.2) is 0 Å². The van der Waals surface area contributed by atoms with Gasteiger partial charge < -0.3 is 14.2 Å². The van der Waals surface area contributed by atoms with Crippen molar-refractivity contribution in [2.24, 2.45) is 0 Å². The fraction of sp³-hybridized carbons (Fsp3) is 0.765. The fourth-order valence-corrected chi connectivity index (χ4v) is 3.24. The number of aryl methyl sites for hydroxylation is 2. The molecule has 1 aromatic rings. The van der Waals surface area contributed by atoms with Crippen molar-refractivity contribution < 1.29 is 9.31 Å². The molecule has 0 radical (unpaired) electrons. The van der Waals surface area contributed by atoms with Gasteiger partial charge in [0.1, 0.15) is 0 Å². The van der Waals surface area contributed by atoms with E-state index in [9.17, 15) is 0 Å². The average Bonchev–Trinajstić information content (AvgIpc) is 2.67. The maximum Gasteiger partial charge on any atom is 0.498 e. The number of hydrogen-bond acceptors (Lipinski definition) is 5. The van der Waals surface area contributed by atoms with E-state index in [2.05, 4.69) is 32.6 Å². The van der Waals surface area contributed by atoms with Crippen LogP contribution < -0.4 is 10.4 Å². The van der Waals surface area contributed by atoms with Crippen molar-refractivity contribution in [3.05, 3.63) is 11.4 Å². The molecule has 2 saturated heterocycles. The fourth-order valence-electron chi connectivity index (χ4n) is 3.24. The molecule has 0 unspecified atom stereocenters. The van der Waals surface area contributed by atoms with Crippen LogP contribution >= 0.6 is 0 Å². The van der Waals surface area contributed by atoms with Crippen molar-refractivity contribution in [3.63, 3.8) is 0 Å². The lowest BCUT2D eigenvalue weighted by Gasteiger charge is -2.32. The van der Waals surface area contributed by atoms with E-state index in [0.29, 0.717) is 0 Å². The quantitative estimate of drug-likeness (QED) is 0.784. The highest BCUT2D eigenvalue weighted by atomic mass is 16.7. The Bertz CT molecular complexity index is 558. The smallest absolute Gasteiger partial charge is 0.399 e. The van der Waals surface area contributed by atoms with Crippen LogP contribution in [0.25, 0.3) is 0 Å². The summed E-state index contributed by atoms with van der Waals surface area (Å²) in [6.07, 6.45) is 3.75. The van der Waals surface area contributed by atoms with Gasteiger partial charge in [-0.3, -0.25) is 0 Å². The second kappa shape index (κ2) is 5.74. The molecule has 5 nitrogen and oxygen atoms in total. The van der Waals surface area contributed by atoms with Gasteiger partial charge in [0.25, 0.3) is 0 Å². The van der Waals surface area contributed by atoms with E-state index in [4.69, 9.17) is 19.3 Å². The van der Waals surface area contributed by atoms with Gasteiger partial charge in [-0.1, -0.05) is 0 Å². The molecule has 0 amide bonds. The number of aromatic nitrogens is 2. The molecule has 2 aliphatic rings. The van der Waals surface area contributed by atoms with Crippen molar-refractivity contribution >= 4 is 18.5 Å². The molecular weight excluding hydrogens is 289 g/mol. The molecular formula is C17H28BN3O2. The Balaban J connectivity index is 1.90. The van der Waals surface area contributed by atoms with Crippen LogP contribution in [0.15, 0.2) is 0 Å². The minimum absolute atomic E-state index is 0.345. The van der Waals surface area contributed by atoms with Crippen molar-refractivity contribution in [3.8, 4) is 0 Å². The molecule has 0 aromatic carbocycles. The van der Waals surface area contributed by atoms with Gasteiger partial charge in [0.05, 0.1) is 11.2 Å².